The summed E-state index contributed by atoms with van der Waals surface area (Å²) in [5, 5.41) is 0. The van der Waals surface area contributed by atoms with Gasteiger partial charge < -0.3 is 0 Å². The van der Waals surface area contributed by atoms with Gasteiger partial charge in [-0.05, 0) is 53.3 Å². The molecule has 0 heterocycles. The van der Waals surface area contributed by atoms with Gasteiger partial charge in [0.25, 0.3) is 0 Å². The molecule has 0 rings (SSSR count). The molecule has 0 nitrogen and oxygen atoms in total. The summed E-state index contributed by atoms with van der Waals surface area (Å²) in [5.41, 5.74) is 0. The van der Waals surface area contributed by atoms with Gasteiger partial charge in [-0.1, -0.05) is 76.2 Å². The van der Waals surface area contributed by atoms with Gasteiger partial charge in [-0.15, -0.1) is 24.7 Å². The lowest BCUT2D eigenvalue weighted by molar-refractivity contribution is 0.0822. The first-order chi connectivity index (χ1) is 11.9. The van der Waals surface area contributed by atoms with Crippen molar-refractivity contribution in [2.24, 2.45) is 65.1 Å². The first kappa shape index (κ1) is 25.1. The summed E-state index contributed by atoms with van der Waals surface area (Å²) < 4.78 is 0. The van der Waals surface area contributed by atoms with Crippen molar-refractivity contribution < 1.29 is 0 Å². The van der Waals surface area contributed by atoms with Crippen molar-refractivity contribution in [3.63, 3.8) is 0 Å². The van der Waals surface area contributed by atoms with Gasteiger partial charge in [0.2, 0.25) is 0 Å². The Hall–Kier alpha value is -0.880. The highest BCUT2D eigenvalue weighted by Gasteiger charge is 2.35. The van der Waals surface area contributed by atoms with Gasteiger partial charge in [-0.3, -0.25) is 0 Å². The molecule has 150 valence electrons. The van der Waals surface area contributed by atoms with Gasteiger partial charge in [-0.2, -0.15) is 0 Å². The number of hydrogen-bond donors (Lipinski definition) is 0. The fraction of sp³-hybridized carbons (Fsp3) is 0.846. The molecular weight excluding hydrogens is 312 g/mol. The van der Waals surface area contributed by atoms with Crippen molar-refractivity contribution in [3.05, 3.63) is 0 Å². The summed E-state index contributed by atoms with van der Waals surface area (Å²) in [6, 6.07) is 0. The monoisotopic (exact) mass is 358 g/mol. The van der Waals surface area contributed by atoms with E-state index in [1.165, 1.54) is 0 Å². The SMILES string of the molecule is C#C[C@@H](C)[C@H](C)[C@@H](C)[C@H](C)[C@@H](C)C(C)[C@@H](C)[C@H](C)[C@@H](C)[C@H](C)[C@@H](C)C#C. The Balaban J connectivity index is 5.07. The molecule has 0 saturated carbocycles. The molecule has 0 aliphatic heterocycles. The maximum Gasteiger partial charge on any atom is 0.0200 e. The Bertz CT molecular complexity index is 431. The number of hydrogen-bond acceptors (Lipinski definition) is 0. The molecular formula is C26H46. The molecule has 26 heavy (non-hydrogen) atoms. The molecule has 0 heteroatoms. The molecule has 1 unspecified atom stereocenters. The van der Waals surface area contributed by atoms with Crippen molar-refractivity contribution in [1.82, 2.24) is 0 Å². The van der Waals surface area contributed by atoms with Crippen LogP contribution >= 0.6 is 0 Å². The minimum atomic E-state index is 0.345. The second-order valence-electron chi connectivity index (χ2n) is 9.64. The molecule has 11 atom stereocenters. The van der Waals surface area contributed by atoms with E-state index in [1.54, 1.807) is 0 Å². The van der Waals surface area contributed by atoms with Crippen LogP contribution in [0.4, 0.5) is 0 Å². The van der Waals surface area contributed by atoms with Crippen molar-refractivity contribution in [2.45, 2.75) is 76.2 Å². The van der Waals surface area contributed by atoms with Crippen LogP contribution in [0.3, 0.4) is 0 Å². The Morgan fingerprint density at radius 3 is 0.654 bits per heavy atom. The quantitative estimate of drug-likeness (QED) is 0.361. The van der Waals surface area contributed by atoms with Crippen LogP contribution in [-0.2, 0) is 0 Å². The number of terminal acetylenes is 2. The van der Waals surface area contributed by atoms with Gasteiger partial charge in [0.1, 0.15) is 0 Å². The van der Waals surface area contributed by atoms with Crippen molar-refractivity contribution in [1.29, 1.82) is 0 Å². The van der Waals surface area contributed by atoms with E-state index >= 15 is 0 Å². The van der Waals surface area contributed by atoms with Gasteiger partial charge in [0.05, 0.1) is 0 Å². The first-order valence-electron chi connectivity index (χ1n) is 10.8. The molecule has 0 aliphatic rings. The molecule has 0 spiro atoms. The van der Waals surface area contributed by atoms with Crippen LogP contribution in [0.1, 0.15) is 76.2 Å². The highest BCUT2D eigenvalue weighted by Crippen LogP contribution is 2.41. The third-order valence-electron chi connectivity index (χ3n) is 8.74. The van der Waals surface area contributed by atoms with Crippen LogP contribution in [0.25, 0.3) is 0 Å². The Kier molecular flexibility index (Phi) is 10.7. The Labute approximate surface area is 166 Å². The van der Waals surface area contributed by atoms with E-state index in [9.17, 15) is 0 Å². The summed E-state index contributed by atoms with van der Waals surface area (Å²) >= 11 is 0. The second-order valence-corrected chi connectivity index (χ2v) is 9.64. The van der Waals surface area contributed by atoms with E-state index < -0.39 is 0 Å². The summed E-state index contributed by atoms with van der Waals surface area (Å²) in [7, 11) is 0. The minimum Gasteiger partial charge on any atom is -0.120 e. The Morgan fingerprint density at radius 2 is 0.500 bits per heavy atom. The third kappa shape index (κ3) is 6.08. The predicted octanol–water partition coefficient (Wildman–Crippen LogP) is 7.25. The fourth-order valence-electron chi connectivity index (χ4n) is 4.57. The fourth-order valence-corrected chi connectivity index (χ4v) is 4.57. The Morgan fingerprint density at radius 1 is 0.346 bits per heavy atom. The molecule has 0 amide bonds. The summed E-state index contributed by atoms with van der Waals surface area (Å²) in [6.07, 6.45) is 11.3. The zero-order valence-corrected chi connectivity index (χ0v) is 19.5. The van der Waals surface area contributed by atoms with E-state index in [0.717, 1.165) is 0 Å². The zero-order chi connectivity index (χ0) is 20.8. The summed E-state index contributed by atoms with van der Waals surface area (Å²) in [6.45, 7) is 26.0. The first-order valence-corrected chi connectivity index (χ1v) is 10.8. The standard InChI is InChI=1S/C26H46/c1-14-16(3)18(5)20(7)22(9)24(11)26(13)25(12)23(10)21(8)19(6)17(4)15-2/h1-2,16-26H,3-13H3/t16-,17+,18+,19-,20-,21+,22+,23-,24-,25+,26?. The summed E-state index contributed by atoms with van der Waals surface area (Å²) in [4.78, 5) is 0. The second kappa shape index (κ2) is 11.1. The lowest BCUT2D eigenvalue weighted by atomic mass is 9.64. The molecule has 0 fully saturated rings. The minimum absolute atomic E-state index is 0.345. The maximum absolute atomic E-state index is 5.67. The number of rotatable bonds is 10. The van der Waals surface area contributed by atoms with Crippen LogP contribution in [0, 0.1) is 89.8 Å². The van der Waals surface area contributed by atoms with E-state index in [-0.39, 0.29) is 0 Å². The van der Waals surface area contributed by atoms with Gasteiger partial charge in [-0.25, -0.2) is 0 Å². The summed E-state index contributed by atoms with van der Waals surface area (Å²) in [5.74, 6) is 12.4. The molecule has 0 aromatic carbocycles. The van der Waals surface area contributed by atoms with Gasteiger partial charge in [0, 0.05) is 11.8 Å². The van der Waals surface area contributed by atoms with Crippen molar-refractivity contribution in [2.75, 3.05) is 0 Å². The van der Waals surface area contributed by atoms with Crippen molar-refractivity contribution in [3.8, 4) is 24.7 Å². The average Bonchev–Trinajstić information content (AvgIpc) is 2.66. The van der Waals surface area contributed by atoms with E-state index in [0.29, 0.717) is 65.1 Å². The lowest BCUT2D eigenvalue weighted by Crippen LogP contribution is -2.35. The highest BCUT2D eigenvalue weighted by molar-refractivity contribution is 4.96. The molecule has 0 N–H and O–H groups in total. The van der Waals surface area contributed by atoms with E-state index in [2.05, 4.69) is 88.0 Å². The predicted molar refractivity (Wildman–Crippen MR) is 118 cm³/mol. The van der Waals surface area contributed by atoms with Crippen LogP contribution in [-0.4, -0.2) is 0 Å². The maximum atomic E-state index is 5.67. The van der Waals surface area contributed by atoms with Crippen LogP contribution in [0.2, 0.25) is 0 Å². The topological polar surface area (TPSA) is 0 Å². The molecule has 0 aromatic heterocycles. The molecule has 0 bridgehead atoms. The molecule has 0 radical (unpaired) electrons. The largest absolute Gasteiger partial charge is 0.120 e. The van der Waals surface area contributed by atoms with Gasteiger partial charge in [0.15, 0.2) is 0 Å². The van der Waals surface area contributed by atoms with Crippen LogP contribution in [0.15, 0.2) is 0 Å². The molecule has 0 aliphatic carbocycles. The third-order valence-corrected chi connectivity index (χ3v) is 8.74. The van der Waals surface area contributed by atoms with Crippen LogP contribution in [0.5, 0.6) is 0 Å². The van der Waals surface area contributed by atoms with Crippen LogP contribution < -0.4 is 0 Å². The zero-order valence-electron chi connectivity index (χ0n) is 19.5. The molecule has 0 aromatic rings. The van der Waals surface area contributed by atoms with E-state index in [1.807, 2.05) is 0 Å². The van der Waals surface area contributed by atoms with E-state index in [4.69, 9.17) is 12.8 Å². The van der Waals surface area contributed by atoms with Gasteiger partial charge >= 0.3 is 0 Å². The highest BCUT2D eigenvalue weighted by atomic mass is 14.4. The lowest BCUT2D eigenvalue weighted by Gasteiger charge is -2.41. The normalized spacial score (nSPS) is 24.5. The van der Waals surface area contributed by atoms with Crippen molar-refractivity contribution >= 4 is 0 Å². The molecule has 0 saturated heterocycles. The average molecular weight is 359 g/mol. The smallest absolute Gasteiger partial charge is 0.0200 e.